The van der Waals surface area contributed by atoms with E-state index in [4.69, 9.17) is 21.6 Å². The van der Waals surface area contributed by atoms with Gasteiger partial charge in [-0.25, -0.2) is 8.42 Å². The number of nitriles is 1. The minimum atomic E-state index is -3.58. The number of ether oxygens (including phenoxy) is 1. The van der Waals surface area contributed by atoms with Crippen molar-refractivity contribution >= 4 is 27.4 Å². The van der Waals surface area contributed by atoms with Crippen molar-refractivity contribution in [2.24, 2.45) is 0 Å². The third kappa shape index (κ3) is 4.82. The molecule has 0 aliphatic heterocycles. The Morgan fingerprint density at radius 3 is 2.46 bits per heavy atom. The van der Waals surface area contributed by atoms with Crippen molar-refractivity contribution in [3.8, 4) is 6.07 Å². The second-order valence-electron chi connectivity index (χ2n) is 4.95. The van der Waals surface area contributed by atoms with Crippen molar-refractivity contribution in [3.63, 3.8) is 0 Å². The minimum Gasteiger partial charge on any atom is -0.461 e. The summed E-state index contributed by atoms with van der Waals surface area (Å²) in [6, 6.07) is 14.5. The molecule has 5 nitrogen and oxygen atoms in total. The number of esters is 1. The van der Waals surface area contributed by atoms with Crippen molar-refractivity contribution in [2.75, 3.05) is 5.75 Å². The van der Waals surface area contributed by atoms with Crippen molar-refractivity contribution in [2.45, 2.75) is 17.9 Å². The van der Waals surface area contributed by atoms with Crippen LogP contribution in [0.2, 0.25) is 5.02 Å². The topological polar surface area (TPSA) is 84.2 Å². The minimum absolute atomic E-state index is 0.0659. The zero-order chi connectivity index (χ0) is 17.6. The number of sulfone groups is 1. The van der Waals surface area contributed by atoms with Crippen LogP contribution in [0.15, 0.2) is 53.4 Å². The Kier molecular flexibility index (Phi) is 5.96. The van der Waals surface area contributed by atoms with Gasteiger partial charge in [-0.1, -0.05) is 29.8 Å². The van der Waals surface area contributed by atoms with Crippen LogP contribution in [0.5, 0.6) is 0 Å². The van der Waals surface area contributed by atoms with Gasteiger partial charge in [0.2, 0.25) is 0 Å². The predicted molar refractivity (Wildman–Crippen MR) is 89.1 cm³/mol. The summed E-state index contributed by atoms with van der Waals surface area (Å²) >= 11 is 5.72. The van der Waals surface area contributed by atoms with E-state index >= 15 is 0 Å². The molecule has 7 heteroatoms. The quantitative estimate of drug-likeness (QED) is 0.736. The van der Waals surface area contributed by atoms with Crippen LogP contribution < -0.4 is 0 Å². The SMILES string of the molecule is N#Cc1ccccc1COC(=O)CCS(=O)(=O)c1ccc(Cl)cc1. The molecule has 0 amide bonds. The lowest BCUT2D eigenvalue weighted by molar-refractivity contribution is -0.144. The number of carbonyl (C=O) groups excluding carboxylic acids is 1. The van der Waals surface area contributed by atoms with E-state index in [0.29, 0.717) is 16.1 Å². The van der Waals surface area contributed by atoms with Crippen molar-refractivity contribution in [1.82, 2.24) is 0 Å². The first-order valence-corrected chi connectivity index (χ1v) is 9.07. The molecule has 2 rings (SSSR count). The Bertz CT molecular complexity index is 870. The van der Waals surface area contributed by atoms with Crippen LogP contribution in [-0.4, -0.2) is 20.1 Å². The fourth-order valence-electron chi connectivity index (χ4n) is 1.96. The molecule has 0 aliphatic rings. The lowest BCUT2D eigenvalue weighted by Gasteiger charge is -2.07. The van der Waals surface area contributed by atoms with Crippen LogP contribution in [-0.2, 0) is 26.0 Å². The van der Waals surface area contributed by atoms with E-state index in [1.54, 1.807) is 24.3 Å². The predicted octanol–water partition coefficient (Wildman–Crippen LogP) is 3.12. The molecule has 0 aromatic heterocycles. The lowest BCUT2D eigenvalue weighted by Crippen LogP contribution is -2.13. The van der Waals surface area contributed by atoms with Crippen molar-refractivity contribution in [3.05, 3.63) is 64.7 Å². The molecule has 24 heavy (non-hydrogen) atoms. The van der Waals surface area contributed by atoms with E-state index in [1.807, 2.05) is 6.07 Å². The molecule has 0 N–H and O–H groups in total. The summed E-state index contributed by atoms with van der Waals surface area (Å²) in [5, 5.41) is 9.39. The van der Waals surface area contributed by atoms with Gasteiger partial charge < -0.3 is 4.74 Å². The summed E-state index contributed by atoms with van der Waals surface area (Å²) in [6.07, 6.45) is -0.264. The second kappa shape index (κ2) is 7.95. The van der Waals surface area contributed by atoms with Gasteiger partial charge in [0.1, 0.15) is 6.61 Å². The fourth-order valence-corrected chi connectivity index (χ4v) is 3.31. The molecular weight excluding hydrogens is 350 g/mol. The third-order valence-electron chi connectivity index (χ3n) is 3.27. The summed E-state index contributed by atoms with van der Waals surface area (Å²) in [5.41, 5.74) is 0.994. The molecule has 0 radical (unpaired) electrons. The van der Waals surface area contributed by atoms with Gasteiger partial charge in [-0.3, -0.25) is 4.79 Å². The summed E-state index contributed by atoms with van der Waals surface area (Å²) in [5.74, 6) is -0.992. The highest BCUT2D eigenvalue weighted by Gasteiger charge is 2.17. The Labute approximate surface area is 145 Å². The summed E-state index contributed by atoms with van der Waals surface area (Å²) in [7, 11) is -3.58. The van der Waals surface area contributed by atoms with Gasteiger partial charge in [-0.15, -0.1) is 0 Å². The van der Waals surface area contributed by atoms with E-state index < -0.39 is 15.8 Å². The Morgan fingerprint density at radius 2 is 1.79 bits per heavy atom. The number of hydrogen-bond acceptors (Lipinski definition) is 5. The van der Waals surface area contributed by atoms with Gasteiger partial charge >= 0.3 is 5.97 Å². The first-order chi connectivity index (χ1) is 11.4. The zero-order valence-electron chi connectivity index (χ0n) is 12.6. The number of halogens is 1. The van der Waals surface area contributed by atoms with Crippen LogP contribution in [0, 0.1) is 11.3 Å². The third-order valence-corrected chi connectivity index (χ3v) is 5.26. The lowest BCUT2D eigenvalue weighted by atomic mass is 10.1. The summed E-state index contributed by atoms with van der Waals surface area (Å²) in [6.45, 7) is -0.0659. The highest BCUT2D eigenvalue weighted by atomic mass is 35.5. The highest BCUT2D eigenvalue weighted by molar-refractivity contribution is 7.91. The number of rotatable bonds is 6. The molecule has 0 spiro atoms. The second-order valence-corrected chi connectivity index (χ2v) is 7.50. The van der Waals surface area contributed by atoms with E-state index in [2.05, 4.69) is 0 Å². The number of nitrogens with zero attached hydrogens (tertiary/aromatic N) is 1. The van der Waals surface area contributed by atoms with Gasteiger partial charge in [0.15, 0.2) is 9.84 Å². The molecule has 0 fully saturated rings. The molecule has 2 aromatic carbocycles. The van der Waals surface area contributed by atoms with Crippen LogP contribution in [0.25, 0.3) is 0 Å². The fraction of sp³-hybridized carbons (Fsp3) is 0.176. The molecule has 0 saturated heterocycles. The summed E-state index contributed by atoms with van der Waals surface area (Å²) in [4.78, 5) is 11.9. The molecule has 0 heterocycles. The highest BCUT2D eigenvalue weighted by Crippen LogP contribution is 2.16. The Balaban J connectivity index is 1.91. The monoisotopic (exact) mass is 363 g/mol. The maximum atomic E-state index is 12.1. The molecular formula is C17H14ClNO4S. The number of carbonyl (C=O) groups is 1. The Hall–Kier alpha value is -2.36. The van der Waals surface area contributed by atoms with Crippen LogP contribution in [0.1, 0.15) is 17.5 Å². The molecule has 2 aromatic rings. The smallest absolute Gasteiger partial charge is 0.307 e. The summed E-state index contributed by atoms with van der Waals surface area (Å²) < 4.78 is 29.3. The first-order valence-electron chi connectivity index (χ1n) is 7.04. The van der Waals surface area contributed by atoms with Gasteiger partial charge in [0.25, 0.3) is 0 Å². The first kappa shape index (κ1) is 18.0. The molecule has 0 saturated carbocycles. The maximum absolute atomic E-state index is 12.1. The van der Waals surface area contributed by atoms with E-state index in [0.717, 1.165) is 0 Å². The number of hydrogen-bond donors (Lipinski definition) is 0. The number of benzene rings is 2. The van der Waals surface area contributed by atoms with Crippen molar-refractivity contribution in [1.29, 1.82) is 5.26 Å². The average Bonchev–Trinajstić information content (AvgIpc) is 2.59. The normalized spacial score (nSPS) is 10.8. The molecule has 0 atom stereocenters. The van der Waals surface area contributed by atoms with Crippen molar-refractivity contribution < 1.29 is 17.9 Å². The van der Waals surface area contributed by atoms with Gasteiger partial charge in [-0.05, 0) is 30.3 Å². The largest absolute Gasteiger partial charge is 0.461 e. The zero-order valence-corrected chi connectivity index (χ0v) is 14.2. The van der Waals surface area contributed by atoms with Crippen LogP contribution in [0.3, 0.4) is 0 Å². The molecule has 124 valence electrons. The molecule has 0 bridgehead atoms. The Morgan fingerprint density at radius 1 is 1.12 bits per heavy atom. The van der Waals surface area contributed by atoms with E-state index in [-0.39, 0.29) is 23.7 Å². The molecule has 0 unspecified atom stereocenters. The van der Waals surface area contributed by atoms with Gasteiger partial charge in [0.05, 0.1) is 28.7 Å². The van der Waals surface area contributed by atoms with E-state index in [1.165, 1.54) is 24.3 Å². The van der Waals surface area contributed by atoms with Crippen LogP contribution in [0.4, 0.5) is 0 Å². The van der Waals surface area contributed by atoms with Crippen LogP contribution >= 0.6 is 11.6 Å². The van der Waals surface area contributed by atoms with Gasteiger partial charge in [0, 0.05) is 10.6 Å². The standard InChI is InChI=1S/C17H14ClNO4S/c18-15-5-7-16(8-6-15)24(21,22)10-9-17(20)23-12-14-4-2-1-3-13(14)11-19/h1-8H,9-10,12H2. The maximum Gasteiger partial charge on any atom is 0.307 e. The van der Waals surface area contributed by atoms with E-state index in [9.17, 15) is 13.2 Å². The molecule has 0 aliphatic carbocycles. The average molecular weight is 364 g/mol. The van der Waals surface area contributed by atoms with Gasteiger partial charge in [-0.2, -0.15) is 5.26 Å².